The molecule has 6 heteroatoms. The van der Waals surface area contributed by atoms with Gasteiger partial charge in [-0.2, -0.15) is 0 Å². The summed E-state index contributed by atoms with van der Waals surface area (Å²) in [7, 11) is 0. The van der Waals surface area contributed by atoms with E-state index in [0.29, 0.717) is 12.3 Å². The van der Waals surface area contributed by atoms with Gasteiger partial charge >= 0.3 is 0 Å². The van der Waals surface area contributed by atoms with Crippen LogP contribution in [-0.4, -0.2) is 43.6 Å². The molecule has 0 atom stereocenters. The number of ether oxygens (including phenoxy) is 1. The van der Waals surface area contributed by atoms with Crippen LogP contribution in [0, 0.1) is 5.82 Å². The number of likely N-dealkylation sites (tertiary alicyclic amines) is 1. The third kappa shape index (κ3) is 5.75. The van der Waals surface area contributed by atoms with Crippen LogP contribution in [0.3, 0.4) is 0 Å². The van der Waals surface area contributed by atoms with Crippen molar-refractivity contribution in [2.75, 3.05) is 32.8 Å². The predicted molar refractivity (Wildman–Crippen MR) is 70.6 cm³/mol. The molecule has 1 aromatic rings. The lowest BCUT2D eigenvalue weighted by atomic mass is 10.3. The Morgan fingerprint density at radius 2 is 1.90 bits per heavy atom. The van der Waals surface area contributed by atoms with Crippen molar-refractivity contribution in [1.82, 2.24) is 10.2 Å². The van der Waals surface area contributed by atoms with Crippen molar-refractivity contribution >= 4 is 5.91 Å². The van der Waals surface area contributed by atoms with Crippen molar-refractivity contribution in [2.24, 2.45) is 0 Å². The lowest BCUT2D eigenvalue weighted by Gasteiger charge is -2.14. The highest BCUT2D eigenvalue weighted by molar-refractivity contribution is 5.77. The predicted octanol–water partition coefficient (Wildman–Crippen LogP) is -1.58. The molecule has 4 nitrogen and oxygen atoms in total. The molecule has 1 fully saturated rings. The number of halogens is 2. The topological polar surface area (TPSA) is 41.6 Å². The van der Waals surface area contributed by atoms with Gasteiger partial charge in [-0.1, -0.05) is 0 Å². The fraction of sp³-hybridized carbons (Fsp3) is 0.500. The first-order valence-electron chi connectivity index (χ1n) is 6.61. The van der Waals surface area contributed by atoms with Gasteiger partial charge in [0.15, 0.2) is 6.61 Å². The Balaban J connectivity index is 0.00000200. The van der Waals surface area contributed by atoms with Gasteiger partial charge in [0.25, 0.3) is 5.91 Å². The quantitative estimate of drug-likeness (QED) is 0.690. The van der Waals surface area contributed by atoms with E-state index in [0.717, 1.165) is 19.6 Å². The molecule has 0 radical (unpaired) electrons. The molecule has 1 saturated heterocycles. The Bertz CT molecular complexity index is 408. The number of carbonyl (C=O) groups is 1. The van der Waals surface area contributed by atoms with Gasteiger partial charge in [0.05, 0.1) is 0 Å². The maximum Gasteiger partial charge on any atom is 0.257 e. The van der Waals surface area contributed by atoms with Gasteiger partial charge in [-0.3, -0.25) is 4.79 Å². The third-order valence-corrected chi connectivity index (χ3v) is 3.13. The summed E-state index contributed by atoms with van der Waals surface area (Å²) in [5, 5.41) is 2.81. The SMILES string of the molecule is O=C(COc1ccc(F)cc1)NCCN1CCCC1.[Cl-]. The van der Waals surface area contributed by atoms with E-state index in [1.807, 2.05) is 0 Å². The number of amides is 1. The maximum absolute atomic E-state index is 12.7. The Morgan fingerprint density at radius 1 is 1.25 bits per heavy atom. The molecule has 0 saturated carbocycles. The zero-order valence-electron chi connectivity index (χ0n) is 11.3. The summed E-state index contributed by atoms with van der Waals surface area (Å²) in [5.41, 5.74) is 0. The number of nitrogens with zero attached hydrogens (tertiary/aromatic N) is 1. The van der Waals surface area contributed by atoms with Gasteiger partial charge in [-0.05, 0) is 50.2 Å². The molecule has 1 aliphatic heterocycles. The lowest BCUT2D eigenvalue weighted by molar-refractivity contribution is -0.123. The minimum Gasteiger partial charge on any atom is -1.00 e. The Kier molecular flexibility index (Phi) is 7.33. The largest absolute Gasteiger partial charge is 1.00 e. The smallest absolute Gasteiger partial charge is 0.257 e. The number of rotatable bonds is 6. The number of carbonyl (C=O) groups excluding carboxylic acids is 1. The number of hydrogen-bond acceptors (Lipinski definition) is 3. The average Bonchev–Trinajstić information content (AvgIpc) is 2.91. The minimum absolute atomic E-state index is 0. The highest BCUT2D eigenvalue weighted by Crippen LogP contribution is 2.10. The van der Waals surface area contributed by atoms with Crippen LogP contribution in [0.15, 0.2) is 24.3 Å². The summed E-state index contributed by atoms with van der Waals surface area (Å²) < 4.78 is 17.9. The molecule has 20 heavy (non-hydrogen) atoms. The van der Waals surface area contributed by atoms with Crippen molar-refractivity contribution in [3.63, 3.8) is 0 Å². The second-order valence-corrected chi connectivity index (χ2v) is 4.64. The Morgan fingerprint density at radius 3 is 2.55 bits per heavy atom. The molecule has 2 rings (SSSR count). The molecule has 1 N–H and O–H groups in total. The number of benzene rings is 1. The van der Waals surface area contributed by atoms with Crippen LogP contribution in [0.1, 0.15) is 12.8 Å². The van der Waals surface area contributed by atoms with E-state index in [2.05, 4.69) is 10.2 Å². The van der Waals surface area contributed by atoms with Crippen LogP contribution in [0.5, 0.6) is 5.75 Å². The first kappa shape index (κ1) is 16.7. The molecule has 0 aromatic heterocycles. The third-order valence-electron chi connectivity index (χ3n) is 3.13. The van der Waals surface area contributed by atoms with Crippen molar-refractivity contribution in [1.29, 1.82) is 0 Å². The van der Waals surface area contributed by atoms with Crippen LogP contribution < -0.4 is 22.5 Å². The molecule has 112 valence electrons. The molecular formula is C14H19ClFN2O2-. The van der Waals surface area contributed by atoms with E-state index in [1.165, 1.54) is 37.1 Å². The van der Waals surface area contributed by atoms with Crippen molar-refractivity contribution in [3.8, 4) is 5.75 Å². The summed E-state index contributed by atoms with van der Waals surface area (Å²) in [4.78, 5) is 13.9. The molecule has 0 spiro atoms. The summed E-state index contributed by atoms with van der Waals surface area (Å²) in [6.07, 6.45) is 2.50. The lowest BCUT2D eigenvalue weighted by Crippen LogP contribution is -3.00. The van der Waals surface area contributed by atoms with E-state index < -0.39 is 0 Å². The van der Waals surface area contributed by atoms with Gasteiger partial charge in [-0.15, -0.1) is 0 Å². The van der Waals surface area contributed by atoms with Crippen LogP contribution >= 0.6 is 0 Å². The van der Waals surface area contributed by atoms with E-state index in [4.69, 9.17) is 4.74 Å². The van der Waals surface area contributed by atoms with Crippen LogP contribution in [0.4, 0.5) is 4.39 Å². The second-order valence-electron chi connectivity index (χ2n) is 4.64. The van der Waals surface area contributed by atoms with Crippen molar-refractivity contribution in [2.45, 2.75) is 12.8 Å². The van der Waals surface area contributed by atoms with Gasteiger partial charge in [0.1, 0.15) is 11.6 Å². The fourth-order valence-corrected chi connectivity index (χ4v) is 2.09. The first-order chi connectivity index (χ1) is 9.24. The normalized spacial score (nSPS) is 14.7. The van der Waals surface area contributed by atoms with Crippen molar-refractivity contribution in [3.05, 3.63) is 30.1 Å². The second kappa shape index (κ2) is 8.76. The molecular weight excluding hydrogens is 283 g/mol. The molecule has 0 unspecified atom stereocenters. The zero-order valence-corrected chi connectivity index (χ0v) is 12.0. The standard InChI is InChI=1S/C14H19FN2O2.ClH/c15-12-3-5-13(6-4-12)19-11-14(18)16-7-10-17-8-1-2-9-17;/h3-6H,1-2,7-11H2,(H,16,18);1H/p-1. The molecule has 1 aliphatic rings. The molecule has 1 heterocycles. The highest BCUT2D eigenvalue weighted by atomic mass is 35.5. The highest BCUT2D eigenvalue weighted by Gasteiger charge is 2.11. The summed E-state index contributed by atoms with van der Waals surface area (Å²) in [6, 6.07) is 5.63. The van der Waals surface area contributed by atoms with E-state index >= 15 is 0 Å². The van der Waals surface area contributed by atoms with Gasteiger partial charge in [-0.25, -0.2) is 4.39 Å². The summed E-state index contributed by atoms with van der Waals surface area (Å²) in [5.74, 6) is 0.0297. The maximum atomic E-state index is 12.7. The van der Waals surface area contributed by atoms with Gasteiger partial charge < -0.3 is 27.4 Å². The van der Waals surface area contributed by atoms with E-state index in [1.54, 1.807) is 0 Å². The molecule has 1 aromatic carbocycles. The molecule has 0 aliphatic carbocycles. The fourth-order valence-electron chi connectivity index (χ4n) is 2.09. The monoisotopic (exact) mass is 301 g/mol. The van der Waals surface area contributed by atoms with Crippen LogP contribution in [0.2, 0.25) is 0 Å². The Labute approximate surface area is 124 Å². The molecule has 1 amide bonds. The van der Waals surface area contributed by atoms with Gasteiger partial charge in [0, 0.05) is 13.1 Å². The summed E-state index contributed by atoms with van der Waals surface area (Å²) >= 11 is 0. The molecule has 0 bridgehead atoms. The zero-order chi connectivity index (χ0) is 13.5. The minimum atomic E-state index is -0.317. The van der Waals surface area contributed by atoms with Crippen LogP contribution in [0.25, 0.3) is 0 Å². The van der Waals surface area contributed by atoms with Crippen molar-refractivity contribution < 1.29 is 26.3 Å². The summed E-state index contributed by atoms with van der Waals surface area (Å²) in [6.45, 7) is 3.75. The van der Waals surface area contributed by atoms with E-state index in [9.17, 15) is 9.18 Å². The first-order valence-corrected chi connectivity index (χ1v) is 6.61. The van der Waals surface area contributed by atoms with Gasteiger partial charge in [0.2, 0.25) is 0 Å². The number of nitrogens with one attached hydrogen (secondary N) is 1. The number of hydrogen-bond donors (Lipinski definition) is 1. The average molecular weight is 302 g/mol. The van der Waals surface area contributed by atoms with Crippen LogP contribution in [-0.2, 0) is 4.79 Å². The Hall–Kier alpha value is -1.33. The van der Waals surface area contributed by atoms with E-state index in [-0.39, 0.29) is 30.7 Å².